The maximum atomic E-state index is 12.3. The van der Waals surface area contributed by atoms with Gasteiger partial charge < -0.3 is 0 Å². The van der Waals surface area contributed by atoms with Gasteiger partial charge in [0.2, 0.25) is 0 Å². The second-order valence-electron chi connectivity index (χ2n) is 5.31. The number of benzene rings is 2. The summed E-state index contributed by atoms with van der Waals surface area (Å²) in [7, 11) is 0. The average Bonchev–Trinajstić information content (AvgIpc) is 2.79. The van der Waals surface area contributed by atoms with Gasteiger partial charge in [-0.25, -0.2) is 0 Å². The van der Waals surface area contributed by atoms with Gasteiger partial charge in [-0.15, -0.1) is 0 Å². The number of halogens is 1. The monoisotopic (exact) mass is 357 g/mol. The van der Waals surface area contributed by atoms with E-state index in [0.717, 1.165) is 17.3 Å². The van der Waals surface area contributed by atoms with Crippen LogP contribution in [0, 0.1) is 0 Å². The summed E-state index contributed by atoms with van der Waals surface area (Å²) in [6, 6.07) is 15.3. The molecule has 0 fully saturated rings. The van der Waals surface area contributed by atoms with Crippen LogP contribution in [0.5, 0.6) is 0 Å². The maximum Gasteiger partial charge on any atom is 0.261 e. The maximum absolute atomic E-state index is 12.3. The van der Waals surface area contributed by atoms with Crippen LogP contribution in [-0.4, -0.2) is 28.6 Å². The van der Waals surface area contributed by atoms with Crippen molar-refractivity contribution in [2.24, 2.45) is 0 Å². The Kier molecular flexibility index (Phi) is 4.39. The third kappa shape index (κ3) is 2.83. The van der Waals surface area contributed by atoms with Crippen LogP contribution in [0.25, 0.3) is 0 Å². The van der Waals surface area contributed by atoms with Gasteiger partial charge in [0.1, 0.15) is 0 Å². The van der Waals surface area contributed by atoms with E-state index >= 15 is 0 Å². The molecule has 0 aromatic heterocycles. The number of rotatable bonds is 5. The number of carbonyl (C=O) groups is 2. The lowest BCUT2D eigenvalue weighted by molar-refractivity contribution is 0.0656. The van der Waals surface area contributed by atoms with Gasteiger partial charge >= 0.3 is 0 Å². The van der Waals surface area contributed by atoms with Crippen LogP contribution in [0.3, 0.4) is 0 Å². The first-order valence-corrected chi connectivity index (χ1v) is 8.42. The number of aryl methyl sites for hydroxylation is 1. The second kappa shape index (κ2) is 6.44. The number of fused-ring (bicyclic) bond motifs is 1. The zero-order chi connectivity index (χ0) is 15.5. The number of amides is 2. The van der Waals surface area contributed by atoms with Gasteiger partial charge in [-0.1, -0.05) is 52.3 Å². The number of nitrogens with zero attached hydrogens (tertiary/aromatic N) is 1. The highest BCUT2D eigenvalue weighted by Gasteiger charge is 2.34. The zero-order valence-electron chi connectivity index (χ0n) is 12.1. The van der Waals surface area contributed by atoms with E-state index in [0.29, 0.717) is 24.1 Å². The van der Waals surface area contributed by atoms with Crippen molar-refractivity contribution in [3.05, 3.63) is 70.8 Å². The summed E-state index contributed by atoms with van der Waals surface area (Å²) < 4.78 is 0. The summed E-state index contributed by atoms with van der Waals surface area (Å²) in [5.41, 5.74) is 3.44. The molecule has 2 aromatic rings. The molecule has 1 heterocycles. The first-order chi connectivity index (χ1) is 10.7. The van der Waals surface area contributed by atoms with Crippen LogP contribution < -0.4 is 0 Å². The summed E-state index contributed by atoms with van der Waals surface area (Å²) >= 11 is 3.43. The van der Waals surface area contributed by atoms with Crippen LogP contribution in [0.1, 0.15) is 31.8 Å². The molecule has 112 valence electrons. The van der Waals surface area contributed by atoms with Crippen LogP contribution in [0.4, 0.5) is 0 Å². The van der Waals surface area contributed by atoms with Crippen LogP contribution >= 0.6 is 15.9 Å². The van der Waals surface area contributed by atoms with Crippen molar-refractivity contribution >= 4 is 27.7 Å². The largest absolute Gasteiger partial charge is 0.274 e. The van der Waals surface area contributed by atoms with Crippen molar-refractivity contribution < 1.29 is 9.59 Å². The van der Waals surface area contributed by atoms with E-state index in [4.69, 9.17) is 0 Å². The van der Waals surface area contributed by atoms with Crippen molar-refractivity contribution in [1.82, 2.24) is 4.90 Å². The highest BCUT2D eigenvalue weighted by atomic mass is 79.9. The van der Waals surface area contributed by atoms with Gasteiger partial charge in [-0.3, -0.25) is 14.5 Å². The molecule has 0 bridgehead atoms. The molecule has 22 heavy (non-hydrogen) atoms. The fraction of sp³-hybridized carbons (Fsp3) is 0.222. The molecule has 0 atom stereocenters. The lowest BCUT2D eigenvalue weighted by Gasteiger charge is -2.13. The molecule has 0 spiro atoms. The fourth-order valence-corrected chi connectivity index (χ4v) is 3.12. The Bertz CT molecular complexity index is 674. The second-order valence-corrected chi connectivity index (χ2v) is 6.11. The Morgan fingerprint density at radius 1 is 0.773 bits per heavy atom. The molecule has 2 aromatic carbocycles. The highest BCUT2D eigenvalue weighted by Crippen LogP contribution is 2.22. The fourth-order valence-electron chi connectivity index (χ4n) is 2.66. The van der Waals surface area contributed by atoms with E-state index in [9.17, 15) is 9.59 Å². The quantitative estimate of drug-likeness (QED) is 0.606. The summed E-state index contributed by atoms with van der Waals surface area (Å²) in [6.07, 6.45) is 1.68. The van der Waals surface area contributed by atoms with Gasteiger partial charge in [0.15, 0.2) is 0 Å². The van der Waals surface area contributed by atoms with Crippen molar-refractivity contribution in [3.8, 4) is 0 Å². The molecule has 0 aliphatic carbocycles. The van der Waals surface area contributed by atoms with Gasteiger partial charge in [0.05, 0.1) is 11.1 Å². The average molecular weight is 358 g/mol. The molecule has 2 amide bonds. The van der Waals surface area contributed by atoms with Gasteiger partial charge in [-0.2, -0.15) is 0 Å². The number of hydrogen-bond acceptors (Lipinski definition) is 2. The highest BCUT2D eigenvalue weighted by molar-refractivity contribution is 9.09. The molecule has 3 rings (SSSR count). The Morgan fingerprint density at radius 3 is 1.77 bits per heavy atom. The van der Waals surface area contributed by atoms with Gasteiger partial charge in [0.25, 0.3) is 11.8 Å². The third-order valence-electron chi connectivity index (χ3n) is 3.91. The molecule has 1 aliphatic heterocycles. The van der Waals surface area contributed by atoms with Gasteiger partial charge in [0, 0.05) is 11.9 Å². The van der Waals surface area contributed by atoms with E-state index in [1.54, 1.807) is 24.3 Å². The van der Waals surface area contributed by atoms with Crippen molar-refractivity contribution in [2.75, 3.05) is 11.9 Å². The Balaban J connectivity index is 1.67. The van der Waals surface area contributed by atoms with E-state index in [2.05, 4.69) is 40.2 Å². The SMILES string of the molecule is O=C1c2ccccc2C(=O)N1CCc1ccc(CCBr)cc1. The van der Waals surface area contributed by atoms with Crippen LogP contribution in [0.15, 0.2) is 48.5 Å². The Labute approximate surface area is 138 Å². The molecule has 0 radical (unpaired) electrons. The lowest BCUT2D eigenvalue weighted by Crippen LogP contribution is -2.31. The predicted molar refractivity (Wildman–Crippen MR) is 89.5 cm³/mol. The molecule has 0 saturated carbocycles. The first kappa shape index (κ1) is 15.0. The molecule has 1 aliphatic rings. The summed E-state index contributed by atoms with van der Waals surface area (Å²) in [5.74, 6) is -0.368. The lowest BCUT2D eigenvalue weighted by atomic mass is 10.1. The number of imide groups is 1. The molecule has 0 unspecified atom stereocenters. The van der Waals surface area contributed by atoms with Crippen molar-refractivity contribution in [1.29, 1.82) is 0 Å². The molecular weight excluding hydrogens is 342 g/mol. The molecular formula is C18H16BrNO2. The predicted octanol–water partition coefficient (Wildman–Crippen LogP) is 3.46. The van der Waals surface area contributed by atoms with E-state index in [-0.39, 0.29) is 11.8 Å². The Hall–Kier alpha value is -1.94. The van der Waals surface area contributed by atoms with Gasteiger partial charge in [-0.05, 0) is 36.1 Å². The minimum atomic E-state index is -0.184. The molecule has 3 nitrogen and oxygen atoms in total. The normalized spacial score (nSPS) is 13.6. The van der Waals surface area contributed by atoms with Crippen molar-refractivity contribution in [2.45, 2.75) is 12.8 Å². The molecule has 0 N–H and O–H groups in total. The zero-order valence-corrected chi connectivity index (χ0v) is 13.7. The minimum Gasteiger partial charge on any atom is -0.274 e. The molecule has 4 heteroatoms. The summed E-state index contributed by atoms with van der Waals surface area (Å²) in [6.45, 7) is 0.421. The molecule has 0 saturated heterocycles. The smallest absolute Gasteiger partial charge is 0.261 e. The number of hydrogen-bond donors (Lipinski definition) is 0. The van der Waals surface area contributed by atoms with E-state index < -0.39 is 0 Å². The standard InChI is InChI=1S/C18H16BrNO2/c19-11-9-13-5-7-14(8-6-13)10-12-20-17(21)15-3-1-2-4-16(15)18(20)22/h1-8H,9-12H2. The van der Waals surface area contributed by atoms with E-state index in [1.807, 2.05) is 0 Å². The van der Waals surface area contributed by atoms with E-state index in [1.165, 1.54) is 10.5 Å². The topological polar surface area (TPSA) is 37.4 Å². The summed E-state index contributed by atoms with van der Waals surface area (Å²) in [5, 5.41) is 0.946. The number of carbonyl (C=O) groups excluding carboxylic acids is 2. The van der Waals surface area contributed by atoms with Crippen molar-refractivity contribution in [3.63, 3.8) is 0 Å². The minimum absolute atomic E-state index is 0.184. The third-order valence-corrected chi connectivity index (χ3v) is 4.30. The van der Waals surface area contributed by atoms with Crippen LogP contribution in [0.2, 0.25) is 0 Å². The van der Waals surface area contributed by atoms with Crippen LogP contribution in [-0.2, 0) is 12.8 Å². The summed E-state index contributed by atoms with van der Waals surface area (Å²) in [4.78, 5) is 25.9. The Morgan fingerprint density at radius 2 is 1.27 bits per heavy atom. The number of alkyl halides is 1. The first-order valence-electron chi connectivity index (χ1n) is 7.29.